The smallest absolute Gasteiger partial charge is 0.251 e. The lowest BCUT2D eigenvalue weighted by molar-refractivity contribution is 0.738. The van der Waals surface area contributed by atoms with E-state index in [9.17, 15) is 4.79 Å². The number of unbranched alkanes of at least 4 members (excludes halogenated alkanes) is 1. The van der Waals surface area contributed by atoms with Crippen LogP contribution in [-0.4, -0.2) is 15.7 Å². The van der Waals surface area contributed by atoms with E-state index in [1.165, 1.54) is 0 Å². The molecule has 3 nitrogen and oxygen atoms in total. The van der Waals surface area contributed by atoms with E-state index < -0.39 is 0 Å². The molecule has 0 aliphatic heterocycles. The van der Waals surface area contributed by atoms with Gasteiger partial charge in [0.15, 0.2) is 5.16 Å². The average molecular weight is 240 g/mol. The molecule has 1 aromatic heterocycles. The fourth-order valence-corrected chi connectivity index (χ4v) is 2.13. The predicted molar refractivity (Wildman–Crippen MR) is 69.0 cm³/mol. The predicted octanol–water partition coefficient (Wildman–Crippen LogP) is 2.86. The van der Waals surface area contributed by atoms with Crippen LogP contribution in [0.1, 0.15) is 39.3 Å². The number of hydrogen-bond acceptors (Lipinski definition) is 3. The van der Waals surface area contributed by atoms with Crippen molar-refractivity contribution in [2.75, 3.05) is 5.75 Å². The second-order valence-electron chi connectivity index (χ2n) is 4.35. The fraction of sp³-hybridized carbons (Fsp3) is 0.667. The molecule has 0 aliphatic carbocycles. The van der Waals surface area contributed by atoms with Crippen molar-refractivity contribution in [3.63, 3.8) is 0 Å². The minimum atomic E-state index is -0.0349. The maximum atomic E-state index is 11.4. The average Bonchev–Trinajstić information content (AvgIpc) is 2.23. The zero-order valence-electron chi connectivity index (χ0n) is 10.2. The van der Waals surface area contributed by atoms with E-state index in [1.54, 1.807) is 17.8 Å². The van der Waals surface area contributed by atoms with Crippen molar-refractivity contribution >= 4 is 11.8 Å². The van der Waals surface area contributed by atoms with Crippen LogP contribution in [0.15, 0.2) is 16.0 Å². The highest BCUT2D eigenvalue weighted by Crippen LogP contribution is 2.15. The zero-order valence-corrected chi connectivity index (χ0v) is 11.1. The van der Waals surface area contributed by atoms with Crippen molar-refractivity contribution < 1.29 is 0 Å². The molecule has 0 amide bonds. The van der Waals surface area contributed by atoms with E-state index in [0.717, 1.165) is 35.9 Å². The summed E-state index contributed by atoms with van der Waals surface area (Å²) in [5, 5.41) is 0.757. The number of nitrogens with zero attached hydrogens (tertiary/aromatic N) is 1. The Labute approximate surface area is 101 Å². The lowest BCUT2D eigenvalue weighted by Gasteiger charge is -2.05. The molecule has 0 radical (unpaired) electrons. The molecule has 4 heteroatoms. The van der Waals surface area contributed by atoms with Crippen LogP contribution in [-0.2, 0) is 6.42 Å². The Bertz CT molecular complexity index is 374. The van der Waals surface area contributed by atoms with Crippen LogP contribution in [0.5, 0.6) is 0 Å². The van der Waals surface area contributed by atoms with E-state index >= 15 is 0 Å². The summed E-state index contributed by atoms with van der Waals surface area (Å²) in [6.45, 7) is 6.46. The van der Waals surface area contributed by atoms with Gasteiger partial charge >= 0.3 is 0 Å². The summed E-state index contributed by atoms with van der Waals surface area (Å²) in [5.74, 6) is 1.59. The first kappa shape index (κ1) is 13.3. The van der Waals surface area contributed by atoms with Gasteiger partial charge in [0.2, 0.25) is 0 Å². The van der Waals surface area contributed by atoms with E-state index in [1.807, 2.05) is 0 Å². The lowest BCUT2D eigenvalue weighted by Crippen LogP contribution is -2.10. The highest BCUT2D eigenvalue weighted by molar-refractivity contribution is 7.99. The monoisotopic (exact) mass is 240 g/mol. The molecule has 1 N–H and O–H groups in total. The molecule has 0 unspecified atom stereocenters. The molecule has 0 spiro atoms. The van der Waals surface area contributed by atoms with E-state index in [2.05, 4.69) is 30.7 Å². The SMILES string of the molecule is CCCCc1cc(=O)[nH]c(SCC(C)C)n1. The van der Waals surface area contributed by atoms with Crippen LogP contribution in [0.2, 0.25) is 0 Å². The van der Waals surface area contributed by atoms with Gasteiger partial charge in [0.05, 0.1) is 0 Å². The van der Waals surface area contributed by atoms with Gasteiger partial charge in [-0.1, -0.05) is 39.0 Å². The first-order valence-corrected chi connectivity index (χ1v) is 6.83. The number of H-pyrrole nitrogens is 1. The standard InChI is InChI=1S/C12H20N2OS/c1-4-5-6-10-7-11(15)14-12(13-10)16-8-9(2)3/h7,9H,4-6,8H2,1-3H3,(H,13,14,15). The van der Waals surface area contributed by atoms with Crippen LogP contribution in [0.4, 0.5) is 0 Å². The third kappa shape index (κ3) is 4.84. The molecule has 1 heterocycles. The van der Waals surface area contributed by atoms with Crippen LogP contribution >= 0.6 is 11.8 Å². The maximum Gasteiger partial charge on any atom is 0.251 e. The fourth-order valence-electron chi connectivity index (χ4n) is 1.28. The Hall–Kier alpha value is -0.770. The summed E-state index contributed by atoms with van der Waals surface area (Å²) in [7, 11) is 0. The Morgan fingerprint density at radius 2 is 2.25 bits per heavy atom. The molecule has 90 valence electrons. The normalized spacial score (nSPS) is 11.0. The third-order valence-electron chi connectivity index (χ3n) is 2.11. The van der Waals surface area contributed by atoms with Crippen LogP contribution < -0.4 is 5.56 Å². The second-order valence-corrected chi connectivity index (χ2v) is 5.36. The molecule has 0 aromatic carbocycles. The molecule has 0 saturated carbocycles. The van der Waals surface area contributed by atoms with Crippen molar-refractivity contribution in [2.24, 2.45) is 5.92 Å². The van der Waals surface area contributed by atoms with Gasteiger partial charge in [-0.05, 0) is 18.8 Å². The molecule has 16 heavy (non-hydrogen) atoms. The highest BCUT2D eigenvalue weighted by Gasteiger charge is 2.03. The molecule has 0 bridgehead atoms. The molecule has 1 rings (SSSR count). The van der Waals surface area contributed by atoms with Gasteiger partial charge in [0.25, 0.3) is 5.56 Å². The number of aromatic nitrogens is 2. The summed E-state index contributed by atoms with van der Waals surface area (Å²) >= 11 is 1.62. The van der Waals surface area contributed by atoms with Crippen LogP contribution in [0.25, 0.3) is 0 Å². The Morgan fingerprint density at radius 1 is 1.50 bits per heavy atom. The first-order valence-electron chi connectivity index (χ1n) is 5.85. The second kappa shape index (κ2) is 6.74. The van der Waals surface area contributed by atoms with Crippen molar-refractivity contribution in [1.82, 2.24) is 9.97 Å². The van der Waals surface area contributed by atoms with Crippen LogP contribution in [0.3, 0.4) is 0 Å². The highest BCUT2D eigenvalue weighted by atomic mass is 32.2. The summed E-state index contributed by atoms with van der Waals surface area (Å²) < 4.78 is 0. The molecule has 1 aromatic rings. The molecule has 0 saturated heterocycles. The largest absolute Gasteiger partial charge is 0.301 e. The van der Waals surface area contributed by atoms with Gasteiger partial charge in [-0.15, -0.1) is 0 Å². The molecule has 0 aliphatic rings. The van der Waals surface area contributed by atoms with Gasteiger partial charge in [-0.25, -0.2) is 4.98 Å². The molecule has 0 atom stereocenters. The van der Waals surface area contributed by atoms with Gasteiger partial charge in [0, 0.05) is 17.5 Å². The van der Waals surface area contributed by atoms with Gasteiger partial charge in [0.1, 0.15) is 0 Å². The summed E-state index contributed by atoms with van der Waals surface area (Å²) in [4.78, 5) is 18.6. The first-order chi connectivity index (χ1) is 7.61. The van der Waals surface area contributed by atoms with Gasteiger partial charge in [-0.3, -0.25) is 4.79 Å². The van der Waals surface area contributed by atoms with E-state index in [4.69, 9.17) is 0 Å². The topological polar surface area (TPSA) is 45.8 Å². The Balaban J connectivity index is 2.69. The van der Waals surface area contributed by atoms with Crippen molar-refractivity contribution in [1.29, 1.82) is 0 Å². The van der Waals surface area contributed by atoms with Gasteiger partial charge < -0.3 is 4.98 Å². The summed E-state index contributed by atoms with van der Waals surface area (Å²) in [6.07, 6.45) is 3.11. The number of thioether (sulfide) groups is 1. The number of aromatic amines is 1. The number of nitrogens with one attached hydrogen (secondary N) is 1. The lowest BCUT2D eigenvalue weighted by atomic mass is 10.2. The number of aryl methyl sites for hydroxylation is 1. The minimum absolute atomic E-state index is 0.0349. The van der Waals surface area contributed by atoms with E-state index in [-0.39, 0.29) is 5.56 Å². The summed E-state index contributed by atoms with van der Waals surface area (Å²) in [5.41, 5.74) is 0.879. The van der Waals surface area contributed by atoms with E-state index in [0.29, 0.717) is 5.92 Å². The number of hydrogen-bond donors (Lipinski definition) is 1. The minimum Gasteiger partial charge on any atom is -0.301 e. The number of rotatable bonds is 6. The molecular weight excluding hydrogens is 220 g/mol. The third-order valence-corrected chi connectivity index (χ3v) is 3.41. The Morgan fingerprint density at radius 3 is 2.88 bits per heavy atom. The zero-order chi connectivity index (χ0) is 12.0. The Kier molecular flexibility index (Phi) is 5.60. The quantitative estimate of drug-likeness (QED) is 0.614. The maximum absolute atomic E-state index is 11.4. The van der Waals surface area contributed by atoms with Gasteiger partial charge in [-0.2, -0.15) is 0 Å². The van der Waals surface area contributed by atoms with Crippen molar-refractivity contribution in [3.8, 4) is 0 Å². The van der Waals surface area contributed by atoms with Crippen molar-refractivity contribution in [2.45, 2.75) is 45.2 Å². The molecule has 0 fully saturated rings. The van der Waals surface area contributed by atoms with Crippen molar-refractivity contribution in [3.05, 3.63) is 22.1 Å². The summed E-state index contributed by atoms with van der Waals surface area (Å²) in [6, 6.07) is 1.61. The van der Waals surface area contributed by atoms with Crippen LogP contribution in [0, 0.1) is 5.92 Å². The molecular formula is C12H20N2OS.